The van der Waals surface area contributed by atoms with Crippen LogP contribution in [0.5, 0.6) is 0 Å². The van der Waals surface area contributed by atoms with E-state index in [0.29, 0.717) is 0 Å². The Morgan fingerprint density at radius 3 is 2.76 bits per heavy atom. The van der Waals surface area contributed by atoms with Gasteiger partial charge in [0.25, 0.3) is 0 Å². The van der Waals surface area contributed by atoms with Gasteiger partial charge in [-0.1, -0.05) is 19.1 Å². The number of fused-ring (bicyclic) bond motifs is 1. The maximum atomic E-state index is 6.11. The molecule has 3 rings (SSSR count). The summed E-state index contributed by atoms with van der Waals surface area (Å²) >= 11 is 0. The normalized spacial score (nSPS) is 12.9. The van der Waals surface area contributed by atoms with E-state index in [9.17, 15) is 0 Å². The molecule has 4 heteroatoms. The second-order valence-corrected chi connectivity index (χ2v) is 5.65. The fraction of sp³-hybridized carbons (Fsp3) is 0.353. The van der Waals surface area contributed by atoms with Crippen LogP contribution in [0.3, 0.4) is 0 Å². The molecule has 0 bridgehead atoms. The molecular formula is C17H22N4. The molecule has 0 aliphatic carbocycles. The van der Waals surface area contributed by atoms with Gasteiger partial charge in [-0.2, -0.15) is 5.10 Å². The van der Waals surface area contributed by atoms with Crippen LogP contribution in [-0.2, 0) is 20.0 Å². The first-order valence-electron chi connectivity index (χ1n) is 7.48. The minimum Gasteiger partial charge on any atom is -0.341 e. The monoisotopic (exact) mass is 282 g/mol. The summed E-state index contributed by atoms with van der Waals surface area (Å²) in [6, 6.07) is 10.9. The van der Waals surface area contributed by atoms with E-state index in [1.807, 2.05) is 17.9 Å². The van der Waals surface area contributed by atoms with Crippen molar-refractivity contribution >= 4 is 10.9 Å². The van der Waals surface area contributed by atoms with Gasteiger partial charge in [-0.15, -0.1) is 0 Å². The van der Waals surface area contributed by atoms with Gasteiger partial charge in [0.05, 0.1) is 12.2 Å². The van der Waals surface area contributed by atoms with Crippen LogP contribution >= 0.6 is 0 Å². The quantitative estimate of drug-likeness (QED) is 0.782. The Morgan fingerprint density at radius 2 is 2.05 bits per heavy atom. The van der Waals surface area contributed by atoms with Crippen molar-refractivity contribution in [1.29, 1.82) is 0 Å². The first-order chi connectivity index (χ1) is 10.2. The van der Waals surface area contributed by atoms with Crippen molar-refractivity contribution in [3.8, 4) is 0 Å². The van der Waals surface area contributed by atoms with Gasteiger partial charge >= 0.3 is 0 Å². The number of hydrogen-bond acceptors (Lipinski definition) is 2. The minimum absolute atomic E-state index is 0.231. The van der Waals surface area contributed by atoms with Gasteiger partial charge in [0.1, 0.15) is 0 Å². The first kappa shape index (κ1) is 13.9. The van der Waals surface area contributed by atoms with Crippen LogP contribution in [0.2, 0.25) is 0 Å². The van der Waals surface area contributed by atoms with Crippen LogP contribution in [0.1, 0.15) is 24.6 Å². The van der Waals surface area contributed by atoms with Crippen molar-refractivity contribution in [2.45, 2.75) is 32.4 Å². The van der Waals surface area contributed by atoms with Crippen LogP contribution in [0.15, 0.2) is 42.7 Å². The molecule has 0 spiro atoms. The maximum Gasteiger partial charge on any atom is 0.0821 e. The Labute approximate surface area is 125 Å². The summed E-state index contributed by atoms with van der Waals surface area (Å²) in [6.45, 7) is 2.94. The van der Waals surface area contributed by atoms with Crippen LogP contribution < -0.4 is 5.73 Å². The summed E-state index contributed by atoms with van der Waals surface area (Å²) in [5, 5.41) is 5.76. The van der Waals surface area contributed by atoms with Gasteiger partial charge in [0, 0.05) is 36.4 Å². The average Bonchev–Trinajstić information content (AvgIpc) is 3.07. The van der Waals surface area contributed by atoms with Crippen LogP contribution in [0.25, 0.3) is 10.9 Å². The molecule has 0 saturated carbocycles. The summed E-state index contributed by atoms with van der Waals surface area (Å²) in [4.78, 5) is 0. The number of aryl methyl sites for hydroxylation is 1. The molecule has 2 aromatic heterocycles. The van der Waals surface area contributed by atoms with Gasteiger partial charge < -0.3 is 10.3 Å². The lowest BCUT2D eigenvalue weighted by Gasteiger charge is -2.10. The van der Waals surface area contributed by atoms with Crippen molar-refractivity contribution in [3.05, 3.63) is 54.0 Å². The summed E-state index contributed by atoms with van der Waals surface area (Å²) < 4.78 is 4.09. The van der Waals surface area contributed by atoms with Crippen LogP contribution in [0.4, 0.5) is 0 Å². The highest BCUT2D eigenvalue weighted by molar-refractivity contribution is 5.83. The highest BCUT2D eigenvalue weighted by Crippen LogP contribution is 2.22. The third kappa shape index (κ3) is 2.85. The molecule has 0 radical (unpaired) electrons. The van der Waals surface area contributed by atoms with E-state index in [1.54, 1.807) is 0 Å². The van der Waals surface area contributed by atoms with Crippen molar-refractivity contribution in [1.82, 2.24) is 14.3 Å². The average molecular weight is 282 g/mol. The van der Waals surface area contributed by atoms with Gasteiger partial charge in [-0.25, -0.2) is 0 Å². The third-order valence-corrected chi connectivity index (χ3v) is 4.01. The van der Waals surface area contributed by atoms with E-state index in [2.05, 4.69) is 53.1 Å². The van der Waals surface area contributed by atoms with E-state index in [0.717, 1.165) is 25.1 Å². The zero-order valence-electron chi connectivity index (χ0n) is 12.7. The Hall–Kier alpha value is -2.07. The molecule has 1 atom stereocenters. The van der Waals surface area contributed by atoms with Crippen LogP contribution in [-0.4, -0.2) is 20.4 Å². The number of nitrogens with zero attached hydrogens (tertiary/aromatic N) is 3. The molecule has 4 nitrogen and oxygen atoms in total. The van der Waals surface area contributed by atoms with E-state index in [1.165, 1.54) is 16.5 Å². The lowest BCUT2D eigenvalue weighted by atomic mass is 10.0. The van der Waals surface area contributed by atoms with Gasteiger partial charge in [-0.3, -0.25) is 4.68 Å². The molecule has 1 aromatic carbocycles. The molecule has 0 amide bonds. The number of aromatic nitrogens is 3. The molecule has 3 aromatic rings. The second-order valence-electron chi connectivity index (χ2n) is 5.65. The standard InChI is InChI=1S/C17H22N4/c1-3-14(18)11-13-5-4-6-17-16(13)8-10-21(17)12-15-7-9-20(2)19-15/h4-10,14H,3,11-12,18H2,1-2H3. The third-order valence-electron chi connectivity index (χ3n) is 4.01. The highest BCUT2D eigenvalue weighted by atomic mass is 15.3. The Balaban J connectivity index is 1.93. The summed E-state index contributed by atoms with van der Waals surface area (Å²) in [5.41, 5.74) is 9.77. The predicted octanol–water partition coefficient (Wildman–Crippen LogP) is 2.70. The van der Waals surface area contributed by atoms with Gasteiger partial charge in [-0.05, 0) is 36.6 Å². The SMILES string of the molecule is CCC(N)Cc1cccc2c1ccn2Cc1ccn(C)n1. The maximum absolute atomic E-state index is 6.11. The fourth-order valence-corrected chi connectivity index (χ4v) is 2.75. The Morgan fingerprint density at radius 1 is 1.19 bits per heavy atom. The second kappa shape index (κ2) is 5.74. The molecule has 0 saturated heterocycles. The Kier molecular flexibility index (Phi) is 3.80. The van der Waals surface area contributed by atoms with Crippen molar-refractivity contribution in [3.63, 3.8) is 0 Å². The molecule has 0 aliphatic heterocycles. The van der Waals surface area contributed by atoms with E-state index < -0.39 is 0 Å². The number of nitrogens with two attached hydrogens (primary N) is 1. The molecule has 2 N–H and O–H groups in total. The molecular weight excluding hydrogens is 260 g/mol. The lowest BCUT2D eigenvalue weighted by molar-refractivity contribution is 0.649. The molecule has 2 heterocycles. The van der Waals surface area contributed by atoms with E-state index >= 15 is 0 Å². The summed E-state index contributed by atoms with van der Waals surface area (Å²) in [5.74, 6) is 0. The van der Waals surface area contributed by atoms with Crippen molar-refractivity contribution in [2.24, 2.45) is 12.8 Å². The summed E-state index contributed by atoms with van der Waals surface area (Å²) in [7, 11) is 1.95. The molecule has 0 fully saturated rings. The topological polar surface area (TPSA) is 48.8 Å². The number of hydrogen-bond donors (Lipinski definition) is 1. The number of rotatable bonds is 5. The van der Waals surface area contributed by atoms with Crippen molar-refractivity contribution < 1.29 is 0 Å². The minimum atomic E-state index is 0.231. The summed E-state index contributed by atoms with van der Waals surface area (Å²) in [6.07, 6.45) is 6.06. The Bertz CT molecular complexity index is 738. The molecule has 21 heavy (non-hydrogen) atoms. The fourth-order valence-electron chi connectivity index (χ4n) is 2.75. The lowest BCUT2D eigenvalue weighted by Crippen LogP contribution is -2.21. The first-order valence-corrected chi connectivity index (χ1v) is 7.48. The smallest absolute Gasteiger partial charge is 0.0821 e. The molecule has 0 aliphatic rings. The zero-order chi connectivity index (χ0) is 14.8. The molecule has 1 unspecified atom stereocenters. The van der Waals surface area contributed by atoms with Crippen LogP contribution in [0, 0.1) is 0 Å². The predicted molar refractivity (Wildman–Crippen MR) is 86.2 cm³/mol. The number of benzene rings is 1. The largest absolute Gasteiger partial charge is 0.341 e. The van der Waals surface area contributed by atoms with E-state index in [-0.39, 0.29) is 6.04 Å². The highest BCUT2D eigenvalue weighted by Gasteiger charge is 2.09. The van der Waals surface area contributed by atoms with E-state index in [4.69, 9.17) is 5.73 Å². The molecule has 110 valence electrons. The van der Waals surface area contributed by atoms with Crippen molar-refractivity contribution in [2.75, 3.05) is 0 Å². The van der Waals surface area contributed by atoms with Gasteiger partial charge in [0.2, 0.25) is 0 Å². The van der Waals surface area contributed by atoms with Gasteiger partial charge in [0.15, 0.2) is 0 Å². The zero-order valence-corrected chi connectivity index (χ0v) is 12.7.